The maximum absolute atomic E-state index is 13.8. The van der Waals surface area contributed by atoms with E-state index in [9.17, 15) is 14.4 Å². The summed E-state index contributed by atoms with van der Waals surface area (Å²) in [5, 5.41) is 11.8. The number of likely N-dealkylation sites (N-methyl/N-ethyl adjacent to an activating group) is 1. The van der Waals surface area contributed by atoms with Crippen molar-refractivity contribution in [2.45, 2.75) is 45.4 Å². The molecule has 178 valence electrons. The summed E-state index contributed by atoms with van der Waals surface area (Å²) < 4.78 is 1.08. The summed E-state index contributed by atoms with van der Waals surface area (Å²) in [6.45, 7) is 5.84. The topological polar surface area (TPSA) is 90.5 Å². The number of amides is 3. The Balaban J connectivity index is 1.64. The highest BCUT2D eigenvalue weighted by atomic mass is 32.1. The molecule has 1 unspecified atom stereocenters. The zero-order valence-electron chi connectivity index (χ0n) is 19.8. The number of carbonyl (C=O) groups is 3. The van der Waals surface area contributed by atoms with Gasteiger partial charge in [-0.3, -0.25) is 14.4 Å². The fourth-order valence-electron chi connectivity index (χ4n) is 4.28. The molecule has 0 saturated heterocycles. The van der Waals surface area contributed by atoms with Gasteiger partial charge >= 0.3 is 0 Å². The summed E-state index contributed by atoms with van der Waals surface area (Å²) in [5.74, 6) is -0.935. The molecule has 1 aliphatic rings. The lowest BCUT2D eigenvalue weighted by molar-refractivity contribution is -0.143. The Morgan fingerprint density at radius 2 is 1.79 bits per heavy atom. The number of carbonyl (C=O) groups excluding carboxylic acids is 3. The highest BCUT2D eigenvalue weighted by Crippen LogP contribution is 2.36. The summed E-state index contributed by atoms with van der Waals surface area (Å²) in [5.41, 5.74) is 2.46. The standard InChI is InChI=1S/C26H30N4O3S/c1-15(2)22(29-24(31)16(3)27-4)26(33)30-14-17-8-5-6-9-18(17)23(30)25(32)28-20-10-7-11-21-19(20)12-13-34-21/h5-13,15-16,22-23,27H,14H2,1-4H3,(H,28,32)(H,29,31)/t16-,22-,23?/m0/s1. The van der Waals surface area contributed by atoms with Crippen molar-refractivity contribution in [2.24, 2.45) is 5.92 Å². The molecule has 0 aliphatic carbocycles. The van der Waals surface area contributed by atoms with Crippen LogP contribution in [0, 0.1) is 5.92 Å². The number of nitrogens with zero attached hydrogens (tertiary/aromatic N) is 1. The van der Waals surface area contributed by atoms with Crippen molar-refractivity contribution in [3.8, 4) is 0 Å². The third-order valence-corrected chi connectivity index (χ3v) is 7.23. The minimum absolute atomic E-state index is 0.146. The van der Waals surface area contributed by atoms with Crippen molar-refractivity contribution in [1.82, 2.24) is 15.5 Å². The molecule has 0 spiro atoms. The molecular formula is C26H30N4O3S. The average molecular weight is 479 g/mol. The molecule has 2 heterocycles. The van der Waals surface area contributed by atoms with E-state index in [0.717, 1.165) is 26.9 Å². The second-order valence-corrected chi connectivity index (χ2v) is 9.88. The smallest absolute Gasteiger partial charge is 0.251 e. The third kappa shape index (κ3) is 4.56. The van der Waals surface area contributed by atoms with E-state index in [1.165, 1.54) is 0 Å². The van der Waals surface area contributed by atoms with Gasteiger partial charge in [-0.05, 0) is 54.6 Å². The van der Waals surface area contributed by atoms with Crippen LogP contribution in [0.25, 0.3) is 10.1 Å². The van der Waals surface area contributed by atoms with Crippen LogP contribution in [0.1, 0.15) is 37.9 Å². The van der Waals surface area contributed by atoms with Gasteiger partial charge < -0.3 is 20.9 Å². The summed E-state index contributed by atoms with van der Waals surface area (Å²) in [6, 6.07) is 13.4. The Labute approximate surface area is 203 Å². The maximum atomic E-state index is 13.8. The minimum Gasteiger partial charge on any atom is -0.343 e. The lowest BCUT2D eigenvalue weighted by Gasteiger charge is -2.31. The molecule has 3 N–H and O–H groups in total. The molecule has 0 bridgehead atoms. The van der Waals surface area contributed by atoms with Gasteiger partial charge in [0.15, 0.2) is 0 Å². The van der Waals surface area contributed by atoms with E-state index in [1.54, 1.807) is 30.2 Å². The van der Waals surface area contributed by atoms with Crippen molar-refractivity contribution >= 4 is 44.8 Å². The molecule has 1 aromatic heterocycles. The van der Waals surface area contributed by atoms with Crippen LogP contribution in [-0.2, 0) is 20.9 Å². The molecule has 0 radical (unpaired) electrons. The Bertz CT molecular complexity index is 1220. The second-order valence-electron chi connectivity index (χ2n) is 8.94. The summed E-state index contributed by atoms with van der Waals surface area (Å²) in [7, 11) is 1.70. The number of fused-ring (bicyclic) bond motifs is 2. The van der Waals surface area contributed by atoms with E-state index < -0.39 is 18.1 Å². The SMILES string of the molecule is CN[C@@H](C)C(=O)N[C@H](C(=O)N1Cc2ccccc2C1C(=O)Nc1cccc2sccc12)C(C)C. The first-order chi connectivity index (χ1) is 16.3. The fraction of sp³-hybridized carbons (Fsp3) is 0.346. The number of hydrogen-bond acceptors (Lipinski definition) is 5. The molecule has 1 aliphatic heterocycles. The van der Waals surface area contributed by atoms with Crippen LogP contribution in [0.15, 0.2) is 53.9 Å². The number of thiophene rings is 1. The minimum atomic E-state index is -0.780. The molecule has 4 rings (SSSR count). The first-order valence-corrected chi connectivity index (χ1v) is 12.3. The Kier molecular flexibility index (Phi) is 7.00. The van der Waals surface area contributed by atoms with Crippen LogP contribution >= 0.6 is 11.3 Å². The van der Waals surface area contributed by atoms with Gasteiger partial charge in [-0.1, -0.05) is 44.2 Å². The quantitative estimate of drug-likeness (QED) is 0.483. The van der Waals surface area contributed by atoms with E-state index in [4.69, 9.17) is 0 Å². The third-order valence-electron chi connectivity index (χ3n) is 6.34. The van der Waals surface area contributed by atoms with Crippen LogP contribution < -0.4 is 16.0 Å². The number of benzene rings is 2. The molecule has 7 nitrogen and oxygen atoms in total. The van der Waals surface area contributed by atoms with Crippen molar-refractivity contribution in [1.29, 1.82) is 0 Å². The van der Waals surface area contributed by atoms with Crippen molar-refractivity contribution in [3.63, 3.8) is 0 Å². The largest absolute Gasteiger partial charge is 0.343 e. The molecule has 2 aromatic carbocycles. The highest BCUT2D eigenvalue weighted by molar-refractivity contribution is 7.17. The zero-order valence-corrected chi connectivity index (χ0v) is 20.6. The molecule has 34 heavy (non-hydrogen) atoms. The molecular weight excluding hydrogens is 448 g/mol. The van der Waals surface area contributed by atoms with Gasteiger partial charge in [-0.25, -0.2) is 0 Å². The van der Waals surface area contributed by atoms with Gasteiger partial charge in [-0.2, -0.15) is 0 Å². The van der Waals surface area contributed by atoms with E-state index in [-0.39, 0.29) is 23.6 Å². The van der Waals surface area contributed by atoms with E-state index >= 15 is 0 Å². The first-order valence-electron chi connectivity index (χ1n) is 11.4. The van der Waals surface area contributed by atoms with Crippen LogP contribution in [0.4, 0.5) is 5.69 Å². The Morgan fingerprint density at radius 1 is 1.03 bits per heavy atom. The monoisotopic (exact) mass is 478 g/mol. The molecule has 8 heteroatoms. The predicted octanol–water partition coefficient (Wildman–Crippen LogP) is 3.67. The van der Waals surface area contributed by atoms with Gasteiger partial charge in [-0.15, -0.1) is 11.3 Å². The van der Waals surface area contributed by atoms with E-state index in [1.807, 2.05) is 67.8 Å². The zero-order chi connectivity index (χ0) is 24.4. The van der Waals surface area contributed by atoms with Crippen molar-refractivity contribution in [2.75, 3.05) is 12.4 Å². The normalized spacial score (nSPS) is 16.9. The van der Waals surface area contributed by atoms with Crippen molar-refractivity contribution in [3.05, 3.63) is 65.0 Å². The van der Waals surface area contributed by atoms with Gasteiger partial charge in [0.05, 0.1) is 6.04 Å². The predicted molar refractivity (Wildman–Crippen MR) is 135 cm³/mol. The van der Waals surface area contributed by atoms with Gasteiger partial charge in [0.25, 0.3) is 5.91 Å². The molecule has 0 fully saturated rings. The number of anilines is 1. The van der Waals surface area contributed by atoms with Crippen LogP contribution in [0.2, 0.25) is 0 Å². The summed E-state index contributed by atoms with van der Waals surface area (Å²) in [4.78, 5) is 41.5. The molecule has 0 saturated carbocycles. The van der Waals surface area contributed by atoms with Crippen molar-refractivity contribution < 1.29 is 14.4 Å². The van der Waals surface area contributed by atoms with Gasteiger partial charge in [0.1, 0.15) is 12.1 Å². The first kappa shape index (κ1) is 23.9. The highest BCUT2D eigenvalue weighted by Gasteiger charge is 2.42. The number of hydrogen-bond donors (Lipinski definition) is 3. The molecule has 3 amide bonds. The van der Waals surface area contributed by atoms with E-state index in [2.05, 4.69) is 16.0 Å². The lowest BCUT2D eigenvalue weighted by atomic mass is 10.0. The summed E-state index contributed by atoms with van der Waals surface area (Å²) in [6.07, 6.45) is 0. The van der Waals surface area contributed by atoms with E-state index in [0.29, 0.717) is 6.54 Å². The number of nitrogens with one attached hydrogen (secondary N) is 3. The second kappa shape index (κ2) is 9.95. The molecule has 3 atom stereocenters. The number of rotatable bonds is 7. The maximum Gasteiger partial charge on any atom is 0.251 e. The lowest BCUT2D eigenvalue weighted by Crippen LogP contribution is -2.55. The van der Waals surface area contributed by atoms with Crippen LogP contribution in [0.3, 0.4) is 0 Å². The van der Waals surface area contributed by atoms with Crippen LogP contribution in [-0.4, -0.2) is 41.8 Å². The Hall–Kier alpha value is -3.23. The van der Waals surface area contributed by atoms with Crippen LogP contribution in [0.5, 0.6) is 0 Å². The van der Waals surface area contributed by atoms with Gasteiger partial charge in [0.2, 0.25) is 11.8 Å². The summed E-state index contributed by atoms with van der Waals surface area (Å²) >= 11 is 1.61. The van der Waals surface area contributed by atoms with Gasteiger partial charge in [0, 0.05) is 22.3 Å². The fourth-order valence-corrected chi connectivity index (χ4v) is 5.09. The molecule has 3 aromatic rings. The average Bonchev–Trinajstić information content (AvgIpc) is 3.46. The Morgan fingerprint density at radius 3 is 2.53 bits per heavy atom.